The first-order valence-corrected chi connectivity index (χ1v) is 9.24. The van der Waals surface area contributed by atoms with Crippen LogP contribution in [0.25, 0.3) is 22.3 Å². The van der Waals surface area contributed by atoms with E-state index in [9.17, 15) is 5.11 Å². The van der Waals surface area contributed by atoms with Gasteiger partial charge in [0.1, 0.15) is 12.4 Å². The minimum atomic E-state index is 0.102. The molecule has 0 aliphatic heterocycles. The summed E-state index contributed by atoms with van der Waals surface area (Å²) >= 11 is 0. The van der Waals surface area contributed by atoms with Gasteiger partial charge in [-0.05, 0) is 47.2 Å². The molecule has 0 amide bonds. The summed E-state index contributed by atoms with van der Waals surface area (Å²) in [7, 11) is 1.66. The van der Waals surface area contributed by atoms with E-state index >= 15 is 0 Å². The minimum Gasteiger partial charge on any atom is -0.491 e. The summed E-state index contributed by atoms with van der Waals surface area (Å²) in [4.78, 5) is 0. The van der Waals surface area contributed by atoms with Crippen molar-refractivity contribution in [2.75, 3.05) is 26.9 Å². The van der Waals surface area contributed by atoms with Crippen molar-refractivity contribution in [3.63, 3.8) is 0 Å². The lowest BCUT2D eigenvalue weighted by molar-refractivity contribution is 0.145. The molecule has 1 N–H and O–H groups in total. The third-order valence-corrected chi connectivity index (χ3v) is 4.60. The van der Waals surface area contributed by atoms with Gasteiger partial charge in [-0.15, -0.1) is 0 Å². The monoisotopic (exact) mass is 362 g/mol. The van der Waals surface area contributed by atoms with Gasteiger partial charge < -0.3 is 14.6 Å². The lowest BCUT2D eigenvalue weighted by atomic mass is 9.98. The molecule has 0 spiro atoms. The van der Waals surface area contributed by atoms with Crippen LogP contribution in [0.3, 0.4) is 0 Å². The number of benzene rings is 3. The molecular formula is C24H26O3. The molecule has 0 atom stereocenters. The Hall–Kier alpha value is -2.62. The number of rotatable bonds is 8. The first-order chi connectivity index (χ1) is 13.2. The molecule has 0 heterocycles. The van der Waals surface area contributed by atoms with E-state index in [1.54, 1.807) is 7.11 Å². The lowest BCUT2D eigenvalue weighted by Crippen LogP contribution is -2.06. The third kappa shape index (κ3) is 4.97. The molecule has 0 fully saturated rings. The predicted octanol–water partition coefficient (Wildman–Crippen LogP) is 4.89. The fraction of sp³-hybridized carbons (Fsp3) is 0.250. The van der Waals surface area contributed by atoms with Crippen molar-refractivity contribution in [3.05, 3.63) is 77.9 Å². The summed E-state index contributed by atoms with van der Waals surface area (Å²) in [5.74, 6) is 0.807. The van der Waals surface area contributed by atoms with Gasteiger partial charge in [0.2, 0.25) is 0 Å². The highest BCUT2D eigenvalue weighted by atomic mass is 16.5. The second kappa shape index (κ2) is 9.36. The number of aliphatic hydroxyl groups excluding tert-OH is 1. The second-order valence-corrected chi connectivity index (χ2v) is 6.58. The molecular weight excluding hydrogens is 336 g/mol. The van der Waals surface area contributed by atoms with Gasteiger partial charge in [0.25, 0.3) is 0 Å². The van der Waals surface area contributed by atoms with Crippen LogP contribution in [0, 0.1) is 6.92 Å². The fourth-order valence-corrected chi connectivity index (χ4v) is 3.03. The van der Waals surface area contributed by atoms with Crippen LogP contribution in [-0.4, -0.2) is 32.0 Å². The maximum Gasteiger partial charge on any atom is 0.123 e. The van der Waals surface area contributed by atoms with E-state index in [1.807, 2.05) is 12.1 Å². The zero-order valence-corrected chi connectivity index (χ0v) is 15.9. The van der Waals surface area contributed by atoms with E-state index in [2.05, 4.69) is 61.5 Å². The van der Waals surface area contributed by atoms with E-state index in [-0.39, 0.29) is 6.61 Å². The number of hydrogen-bond donors (Lipinski definition) is 1. The molecule has 3 aromatic rings. The van der Waals surface area contributed by atoms with Crippen LogP contribution in [0.15, 0.2) is 66.7 Å². The molecule has 3 rings (SSSR count). The first kappa shape index (κ1) is 19.2. The van der Waals surface area contributed by atoms with Crippen molar-refractivity contribution in [2.24, 2.45) is 0 Å². The van der Waals surface area contributed by atoms with E-state index in [0.717, 1.165) is 22.4 Å². The highest BCUT2D eigenvalue weighted by Crippen LogP contribution is 2.30. The molecule has 0 aromatic heterocycles. The van der Waals surface area contributed by atoms with Crippen LogP contribution < -0.4 is 4.74 Å². The molecule has 140 valence electrons. The van der Waals surface area contributed by atoms with Gasteiger partial charge in [0, 0.05) is 13.7 Å². The number of methoxy groups -OCH3 is 1. The molecule has 3 nitrogen and oxygen atoms in total. The quantitative estimate of drug-likeness (QED) is 0.580. The largest absolute Gasteiger partial charge is 0.491 e. The summed E-state index contributed by atoms with van der Waals surface area (Å²) in [6.45, 7) is 3.23. The Labute approximate surface area is 161 Å². The Morgan fingerprint density at radius 3 is 1.89 bits per heavy atom. The summed E-state index contributed by atoms with van der Waals surface area (Å²) in [6.07, 6.45) is 0.578. The average Bonchev–Trinajstić information content (AvgIpc) is 2.70. The minimum absolute atomic E-state index is 0.102. The normalized spacial score (nSPS) is 10.8. The van der Waals surface area contributed by atoms with Crippen molar-refractivity contribution < 1.29 is 14.6 Å². The van der Waals surface area contributed by atoms with Gasteiger partial charge in [-0.3, -0.25) is 0 Å². The second-order valence-electron chi connectivity index (χ2n) is 6.58. The Morgan fingerprint density at radius 1 is 0.741 bits per heavy atom. The molecule has 0 unspecified atom stereocenters. The molecule has 0 aliphatic carbocycles. The van der Waals surface area contributed by atoms with Crippen LogP contribution in [0.4, 0.5) is 0 Å². The van der Waals surface area contributed by atoms with Gasteiger partial charge >= 0.3 is 0 Å². The topological polar surface area (TPSA) is 38.7 Å². The highest BCUT2D eigenvalue weighted by Gasteiger charge is 2.07. The number of aliphatic hydroxyl groups is 1. The van der Waals surface area contributed by atoms with Crippen LogP contribution >= 0.6 is 0 Å². The molecule has 0 radical (unpaired) electrons. The maximum absolute atomic E-state index is 9.28. The zero-order chi connectivity index (χ0) is 19.1. The van der Waals surface area contributed by atoms with Crippen molar-refractivity contribution in [3.8, 4) is 28.0 Å². The van der Waals surface area contributed by atoms with Gasteiger partial charge in [-0.2, -0.15) is 0 Å². The van der Waals surface area contributed by atoms with Gasteiger partial charge in [-0.25, -0.2) is 0 Å². The lowest BCUT2D eigenvalue weighted by Gasteiger charge is -2.13. The summed E-state index contributed by atoms with van der Waals surface area (Å²) in [5, 5.41) is 9.28. The zero-order valence-electron chi connectivity index (χ0n) is 15.9. The molecule has 0 aliphatic rings. The first-order valence-electron chi connectivity index (χ1n) is 9.24. The number of hydrogen-bond acceptors (Lipinski definition) is 3. The maximum atomic E-state index is 9.28. The van der Waals surface area contributed by atoms with Crippen molar-refractivity contribution in [1.29, 1.82) is 0 Å². The van der Waals surface area contributed by atoms with Crippen LogP contribution in [0.1, 0.15) is 11.1 Å². The molecule has 27 heavy (non-hydrogen) atoms. The van der Waals surface area contributed by atoms with Crippen molar-refractivity contribution >= 4 is 0 Å². The number of ether oxygens (including phenoxy) is 2. The van der Waals surface area contributed by atoms with Crippen molar-refractivity contribution in [1.82, 2.24) is 0 Å². The number of aryl methyl sites for hydroxylation is 1. The van der Waals surface area contributed by atoms with E-state index in [4.69, 9.17) is 9.47 Å². The van der Waals surface area contributed by atoms with E-state index in [1.165, 1.54) is 16.7 Å². The van der Waals surface area contributed by atoms with Crippen molar-refractivity contribution in [2.45, 2.75) is 13.3 Å². The van der Waals surface area contributed by atoms with E-state index in [0.29, 0.717) is 19.6 Å². The van der Waals surface area contributed by atoms with Gasteiger partial charge in [0.15, 0.2) is 0 Å². The molecule has 3 aromatic carbocycles. The van der Waals surface area contributed by atoms with Crippen LogP contribution in [-0.2, 0) is 11.2 Å². The Morgan fingerprint density at radius 2 is 1.30 bits per heavy atom. The molecule has 0 saturated carbocycles. The SMILES string of the molecule is COCCOc1cc(-c2ccc(-c3ccc(C)cc3)cc2)ccc1CCO. The smallest absolute Gasteiger partial charge is 0.123 e. The standard InChI is InChI=1S/C24H26O3/c1-18-3-5-19(6-4-18)20-7-9-21(10-8-20)23-12-11-22(13-14-25)24(17-23)27-16-15-26-2/h3-12,17,25H,13-16H2,1-2H3. The predicted molar refractivity (Wildman–Crippen MR) is 110 cm³/mol. The highest BCUT2D eigenvalue weighted by molar-refractivity contribution is 5.71. The van der Waals surface area contributed by atoms with Gasteiger partial charge in [-0.1, -0.05) is 66.2 Å². The Kier molecular flexibility index (Phi) is 6.64. The van der Waals surface area contributed by atoms with E-state index < -0.39 is 0 Å². The summed E-state index contributed by atoms with van der Waals surface area (Å²) in [6, 6.07) is 23.3. The summed E-state index contributed by atoms with van der Waals surface area (Å²) in [5.41, 5.74) is 6.92. The average molecular weight is 362 g/mol. The fourth-order valence-electron chi connectivity index (χ4n) is 3.03. The molecule has 0 saturated heterocycles. The summed E-state index contributed by atoms with van der Waals surface area (Å²) < 4.78 is 10.9. The van der Waals surface area contributed by atoms with Crippen LogP contribution in [0.2, 0.25) is 0 Å². The van der Waals surface area contributed by atoms with Crippen LogP contribution in [0.5, 0.6) is 5.75 Å². The molecule has 3 heteroatoms. The third-order valence-electron chi connectivity index (χ3n) is 4.60. The molecule has 0 bridgehead atoms. The Bertz CT molecular complexity index is 852. The Balaban J connectivity index is 1.84. The van der Waals surface area contributed by atoms with Gasteiger partial charge in [0.05, 0.1) is 6.61 Å².